The van der Waals surface area contributed by atoms with Gasteiger partial charge < -0.3 is 0 Å². The van der Waals surface area contributed by atoms with Gasteiger partial charge in [-0.2, -0.15) is 0 Å². The highest BCUT2D eigenvalue weighted by molar-refractivity contribution is 5.85. The van der Waals surface area contributed by atoms with Crippen LogP contribution in [0.1, 0.15) is 22.7 Å². The van der Waals surface area contributed by atoms with Crippen LogP contribution in [0.4, 0.5) is 4.39 Å². The Hall–Kier alpha value is -3.04. The first kappa shape index (κ1) is 17.4. The molecular weight excluding hydrogens is 335 g/mol. The largest absolute Gasteiger partial charge is 0.291 e. The molecule has 0 aliphatic rings. The minimum Gasteiger partial charge on any atom is -0.291 e. The van der Waals surface area contributed by atoms with E-state index in [1.165, 1.54) is 28.5 Å². The lowest BCUT2D eigenvalue weighted by atomic mass is 9.97. The topological polar surface area (TPSA) is 16.1 Å². The van der Waals surface area contributed by atoms with Crippen molar-refractivity contribution >= 4 is 10.8 Å². The number of hydrogen-bond donors (Lipinski definition) is 0. The van der Waals surface area contributed by atoms with E-state index < -0.39 is 0 Å². The maximum absolute atomic E-state index is 13.4. The Morgan fingerprint density at radius 3 is 2.41 bits per heavy atom. The molecule has 0 spiro atoms. The van der Waals surface area contributed by atoms with Crippen LogP contribution in [0, 0.1) is 5.82 Å². The third-order valence-electron chi connectivity index (χ3n) is 4.93. The van der Waals surface area contributed by atoms with Crippen molar-refractivity contribution in [1.29, 1.82) is 0 Å². The van der Waals surface area contributed by atoms with E-state index >= 15 is 0 Å². The zero-order valence-electron chi connectivity index (χ0n) is 15.2. The van der Waals surface area contributed by atoms with Crippen molar-refractivity contribution in [1.82, 2.24) is 9.88 Å². The minimum absolute atomic E-state index is 0.00160. The van der Waals surface area contributed by atoms with Gasteiger partial charge in [0.1, 0.15) is 5.82 Å². The van der Waals surface area contributed by atoms with Gasteiger partial charge in [0.25, 0.3) is 0 Å². The Kier molecular flexibility index (Phi) is 4.95. The maximum Gasteiger partial charge on any atom is 0.123 e. The first-order valence-corrected chi connectivity index (χ1v) is 9.04. The molecule has 0 aliphatic heterocycles. The first-order chi connectivity index (χ1) is 13.2. The van der Waals surface area contributed by atoms with Crippen molar-refractivity contribution in [3.63, 3.8) is 0 Å². The Morgan fingerprint density at radius 1 is 0.852 bits per heavy atom. The highest BCUT2D eigenvalue weighted by Crippen LogP contribution is 2.30. The van der Waals surface area contributed by atoms with E-state index in [1.807, 2.05) is 24.4 Å². The van der Waals surface area contributed by atoms with Gasteiger partial charge >= 0.3 is 0 Å². The van der Waals surface area contributed by atoms with Crippen molar-refractivity contribution in [2.45, 2.75) is 12.6 Å². The molecule has 3 aromatic carbocycles. The molecule has 2 nitrogen and oxygen atoms in total. The van der Waals surface area contributed by atoms with Gasteiger partial charge in [-0.3, -0.25) is 9.88 Å². The zero-order valence-corrected chi connectivity index (χ0v) is 15.2. The van der Waals surface area contributed by atoms with E-state index in [1.54, 1.807) is 6.20 Å². The van der Waals surface area contributed by atoms with Gasteiger partial charge in [0, 0.05) is 18.9 Å². The molecule has 3 heteroatoms. The lowest BCUT2D eigenvalue weighted by Gasteiger charge is -2.29. The fourth-order valence-electron chi connectivity index (χ4n) is 3.67. The summed E-state index contributed by atoms with van der Waals surface area (Å²) in [6.07, 6.45) is 3.66. The van der Waals surface area contributed by atoms with Gasteiger partial charge in [0.2, 0.25) is 0 Å². The van der Waals surface area contributed by atoms with Crippen LogP contribution in [0.2, 0.25) is 0 Å². The summed E-state index contributed by atoms with van der Waals surface area (Å²) in [4.78, 5) is 6.57. The molecule has 0 saturated heterocycles. The predicted molar refractivity (Wildman–Crippen MR) is 108 cm³/mol. The van der Waals surface area contributed by atoms with Gasteiger partial charge in [-0.05, 0) is 52.7 Å². The normalized spacial score (nSPS) is 12.4. The number of pyridine rings is 1. The standard InChI is InChI=1S/C24H21FN2/c1-27(17-21-8-4-7-18-6-2-3-10-23(18)21)24(20-9-5-15-26-16-20)19-11-13-22(25)14-12-19/h2-16,24H,17H2,1H3. The molecule has 134 valence electrons. The molecule has 0 saturated carbocycles. The molecule has 0 bridgehead atoms. The summed E-state index contributed by atoms with van der Waals surface area (Å²) >= 11 is 0. The second-order valence-electron chi connectivity index (χ2n) is 6.79. The molecule has 0 N–H and O–H groups in total. The van der Waals surface area contributed by atoms with Crippen LogP contribution in [0.25, 0.3) is 10.8 Å². The second kappa shape index (κ2) is 7.68. The third kappa shape index (κ3) is 3.74. The summed E-state index contributed by atoms with van der Waals surface area (Å²) < 4.78 is 13.4. The number of benzene rings is 3. The highest BCUT2D eigenvalue weighted by Gasteiger charge is 2.20. The van der Waals surface area contributed by atoms with Crippen LogP contribution < -0.4 is 0 Å². The summed E-state index contributed by atoms with van der Waals surface area (Å²) in [6.45, 7) is 0.776. The molecule has 4 aromatic rings. The number of fused-ring (bicyclic) bond motifs is 1. The molecule has 0 aliphatic carbocycles. The quantitative estimate of drug-likeness (QED) is 0.463. The van der Waals surface area contributed by atoms with Crippen molar-refractivity contribution in [3.05, 3.63) is 114 Å². The van der Waals surface area contributed by atoms with Gasteiger partial charge in [0.15, 0.2) is 0 Å². The molecule has 0 fully saturated rings. The van der Waals surface area contributed by atoms with Crippen LogP contribution in [0.5, 0.6) is 0 Å². The van der Waals surface area contributed by atoms with E-state index in [0.717, 1.165) is 17.7 Å². The third-order valence-corrected chi connectivity index (χ3v) is 4.93. The average molecular weight is 356 g/mol. The average Bonchev–Trinajstić information content (AvgIpc) is 2.71. The molecule has 0 radical (unpaired) electrons. The smallest absolute Gasteiger partial charge is 0.123 e. The van der Waals surface area contributed by atoms with Gasteiger partial charge in [0.05, 0.1) is 6.04 Å². The Bertz CT molecular complexity index is 1020. The number of rotatable bonds is 5. The number of aromatic nitrogens is 1. The van der Waals surface area contributed by atoms with Crippen LogP contribution >= 0.6 is 0 Å². The van der Waals surface area contributed by atoms with Crippen LogP contribution in [0.3, 0.4) is 0 Å². The SMILES string of the molecule is CN(Cc1cccc2ccccc12)C(c1ccc(F)cc1)c1cccnc1. The van der Waals surface area contributed by atoms with E-state index in [4.69, 9.17) is 0 Å². The van der Waals surface area contributed by atoms with Gasteiger partial charge in [-0.25, -0.2) is 4.39 Å². The summed E-state index contributed by atoms with van der Waals surface area (Å²) in [5, 5.41) is 2.50. The molecule has 1 atom stereocenters. The number of nitrogens with zero attached hydrogens (tertiary/aromatic N) is 2. The molecule has 0 amide bonds. The summed E-state index contributed by atoms with van der Waals surface area (Å²) in [5.41, 5.74) is 3.41. The highest BCUT2D eigenvalue weighted by atomic mass is 19.1. The van der Waals surface area contributed by atoms with Crippen LogP contribution in [-0.2, 0) is 6.54 Å². The molecule has 4 rings (SSSR count). The van der Waals surface area contributed by atoms with Crippen molar-refractivity contribution in [2.24, 2.45) is 0 Å². The van der Waals surface area contributed by atoms with Crippen molar-refractivity contribution in [2.75, 3.05) is 7.05 Å². The summed E-state index contributed by atoms with van der Waals surface area (Å²) in [7, 11) is 2.10. The molecular formula is C24H21FN2. The van der Waals surface area contributed by atoms with Crippen molar-refractivity contribution in [3.8, 4) is 0 Å². The Morgan fingerprint density at radius 2 is 1.63 bits per heavy atom. The van der Waals surface area contributed by atoms with Crippen LogP contribution in [0.15, 0.2) is 91.3 Å². The van der Waals surface area contributed by atoms with E-state index in [-0.39, 0.29) is 11.9 Å². The molecule has 27 heavy (non-hydrogen) atoms. The van der Waals surface area contributed by atoms with Crippen LogP contribution in [-0.4, -0.2) is 16.9 Å². The first-order valence-electron chi connectivity index (χ1n) is 9.04. The summed E-state index contributed by atoms with van der Waals surface area (Å²) in [5.74, 6) is -0.222. The van der Waals surface area contributed by atoms with E-state index in [9.17, 15) is 4.39 Å². The molecule has 1 heterocycles. The van der Waals surface area contributed by atoms with E-state index in [2.05, 4.69) is 65.5 Å². The lowest BCUT2D eigenvalue weighted by molar-refractivity contribution is 0.271. The number of halogens is 1. The molecule has 1 aromatic heterocycles. The second-order valence-corrected chi connectivity index (χ2v) is 6.79. The Labute approximate surface area is 158 Å². The number of hydrogen-bond acceptors (Lipinski definition) is 2. The fourth-order valence-corrected chi connectivity index (χ4v) is 3.67. The zero-order chi connectivity index (χ0) is 18.6. The maximum atomic E-state index is 13.4. The summed E-state index contributed by atoms with van der Waals surface area (Å²) in [6, 6.07) is 25.6. The Balaban J connectivity index is 1.72. The van der Waals surface area contributed by atoms with Gasteiger partial charge in [-0.1, -0.05) is 60.7 Å². The predicted octanol–water partition coefficient (Wildman–Crippen LogP) is 5.60. The molecule has 1 unspecified atom stereocenters. The van der Waals surface area contributed by atoms with Gasteiger partial charge in [-0.15, -0.1) is 0 Å². The lowest BCUT2D eigenvalue weighted by Crippen LogP contribution is -2.25. The van der Waals surface area contributed by atoms with E-state index in [0.29, 0.717) is 0 Å². The fraction of sp³-hybridized carbons (Fsp3) is 0.125. The monoisotopic (exact) mass is 356 g/mol. The van der Waals surface area contributed by atoms with Crippen molar-refractivity contribution < 1.29 is 4.39 Å². The minimum atomic E-state index is -0.222.